The average molecular weight is 380 g/mol. The first-order chi connectivity index (χ1) is 12.1. The fourth-order valence-electron chi connectivity index (χ4n) is 2.65. The van der Waals surface area contributed by atoms with E-state index in [1.807, 2.05) is 46.8 Å². The Morgan fingerprint density at radius 2 is 1.88 bits per heavy atom. The Morgan fingerprint density at radius 1 is 1.27 bits per heavy atom. The SMILES string of the molecule is CNC(=O)OC(C(Oc1cc(C)c(Cl)c(C)c1)n1ccnc1)C(C)(C)C. The summed E-state index contributed by atoms with van der Waals surface area (Å²) in [4.78, 5) is 16.0. The van der Waals surface area contributed by atoms with Crippen LogP contribution in [0.2, 0.25) is 5.02 Å². The molecule has 1 heterocycles. The van der Waals surface area contributed by atoms with Crippen LogP contribution in [-0.4, -0.2) is 28.8 Å². The van der Waals surface area contributed by atoms with Gasteiger partial charge in [-0.3, -0.25) is 4.57 Å². The Hall–Kier alpha value is -2.21. The van der Waals surface area contributed by atoms with Gasteiger partial charge >= 0.3 is 6.09 Å². The third-order valence-electron chi connectivity index (χ3n) is 4.04. The van der Waals surface area contributed by atoms with Gasteiger partial charge in [-0.05, 0) is 37.1 Å². The van der Waals surface area contributed by atoms with Gasteiger partial charge in [0, 0.05) is 29.9 Å². The number of carbonyl (C=O) groups is 1. The standard InChI is InChI=1S/C19H26ClN3O3/c1-12-9-14(10-13(2)15(12)20)25-17(23-8-7-22-11-23)16(19(3,4)5)26-18(24)21-6/h7-11,16-17H,1-6H3,(H,21,24). The van der Waals surface area contributed by atoms with Gasteiger partial charge in [0.2, 0.25) is 6.23 Å². The first-order valence-corrected chi connectivity index (χ1v) is 8.80. The summed E-state index contributed by atoms with van der Waals surface area (Å²) in [7, 11) is 1.53. The predicted molar refractivity (Wildman–Crippen MR) is 102 cm³/mol. The van der Waals surface area contributed by atoms with E-state index >= 15 is 0 Å². The number of rotatable bonds is 5. The number of amides is 1. The summed E-state index contributed by atoms with van der Waals surface area (Å²) in [5.41, 5.74) is 1.47. The zero-order chi connectivity index (χ0) is 19.5. The molecule has 0 aliphatic heterocycles. The third kappa shape index (κ3) is 4.69. The summed E-state index contributed by atoms with van der Waals surface area (Å²) in [5, 5.41) is 3.21. The molecule has 1 amide bonds. The average Bonchev–Trinajstić information content (AvgIpc) is 3.08. The van der Waals surface area contributed by atoms with E-state index < -0.39 is 18.4 Å². The Balaban J connectivity index is 2.44. The van der Waals surface area contributed by atoms with E-state index in [-0.39, 0.29) is 5.41 Å². The largest absolute Gasteiger partial charge is 0.466 e. The van der Waals surface area contributed by atoms with E-state index in [4.69, 9.17) is 21.1 Å². The van der Waals surface area contributed by atoms with E-state index in [9.17, 15) is 4.79 Å². The van der Waals surface area contributed by atoms with Gasteiger partial charge < -0.3 is 14.8 Å². The maximum atomic E-state index is 11.9. The number of hydrogen-bond donors (Lipinski definition) is 1. The highest BCUT2D eigenvalue weighted by Crippen LogP contribution is 2.35. The van der Waals surface area contributed by atoms with Gasteiger partial charge in [-0.2, -0.15) is 0 Å². The molecule has 142 valence electrons. The van der Waals surface area contributed by atoms with Crippen molar-refractivity contribution in [1.29, 1.82) is 0 Å². The lowest BCUT2D eigenvalue weighted by atomic mass is 9.87. The molecule has 0 aliphatic carbocycles. The van der Waals surface area contributed by atoms with E-state index in [0.29, 0.717) is 10.8 Å². The molecule has 2 aromatic rings. The van der Waals surface area contributed by atoms with Crippen molar-refractivity contribution in [3.05, 3.63) is 47.0 Å². The minimum absolute atomic E-state index is 0.377. The molecule has 0 aliphatic rings. The van der Waals surface area contributed by atoms with Crippen molar-refractivity contribution in [3.8, 4) is 5.75 Å². The molecular formula is C19H26ClN3O3. The molecule has 2 unspecified atom stereocenters. The summed E-state index contributed by atoms with van der Waals surface area (Å²) >= 11 is 6.26. The number of benzene rings is 1. The van der Waals surface area contributed by atoms with E-state index in [2.05, 4.69) is 10.3 Å². The Morgan fingerprint density at radius 3 is 2.35 bits per heavy atom. The van der Waals surface area contributed by atoms with Crippen LogP contribution in [0.4, 0.5) is 4.79 Å². The molecule has 0 fully saturated rings. The zero-order valence-corrected chi connectivity index (χ0v) is 16.8. The fourth-order valence-corrected chi connectivity index (χ4v) is 2.76. The van der Waals surface area contributed by atoms with Crippen molar-refractivity contribution in [2.75, 3.05) is 7.05 Å². The van der Waals surface area contributed by atoms with Crippen molar-refractivity contribution in [3.63, 3.8) is 0 Å². The Kier molecular flexibility index (Phi) is 6.18. The monoisotopic (exact) mass is 379 g/mol. The molecule has 1 aromatic carbocycles. The summed E-state index contributed by atoms with van der Waals surface area (Å²) in [5.74, 6) is 0.651. The van der Waals surface area contributed by atoms with Gasteiger partial charge in [0.25, 0.3) is 0 Å². The van der Waals surface area contributed by atoms with Crippen molar-refractivity contribution in [1.82, 2.24) is 14.9 Å². The fraction of sp³-hybridized carbons (Fsp3) is 0.474. The van der Waals surface area contributed by atoms with Crippen LogP contribution in [-0.2, 0) is 4.74 Å². The molecule has 26 heavy (non-hydrogen) atoms. The highest BCUT2D eigenvalue weighted by atomic mass is 35.5. The maximum absolute atomic E-state index is 11.9. The summed E-state index contributed by atoms with van der Waals surface area (Å²) in [6, 6.07) is 3.75. The van der Waals surface area contributed by atoms with Gasteiger partial charge in [-0.15, -0.1) is 0 Å². The summed E-state index contributed by atoms with van der Waals surface area (Å²) in [6.07, 6.45) is 3.43. The number of alkyl carbamates (subject to hydrolysis) is 1. The molecule has 0 spiro atoms. The third-order valence-corrected chi connectivity index (χ3v) is 4.63. The van der Waals surface area contributed by atoms with Crippen LogP contribution >= 0.6 is 11.6 Å². The first-order valence-electron chi connectivity index (χ1n) is 8.42. The topological polar surface area (TPSA) is 65.4 Å². The molecule has 1 N–H and O–H groups in total. The molecule has 0 bridgehead atoms. The minimum atomic E-state index is -0.588. The van der Waals surface area contributed by atoms with Gasteiger partial charge in [0.1, 0.15) is 5.75 Å². The second kappa shape index (κ2) is 7.99. The quantitative estimate of drug-likeness (QED) is 0.830. The van der Waals surface area contributed by atoms with Crippen LogP contribution in [0, 0.1) is 19.3 Å². The molecule has 0 radical (unpaired) electrons. The molecule has 7 heteroatoms. The van der Waals surface area contributed by atoms with E-state index in [0.717, 1.165) is 11.1 Å². The smallest absolute Gasteiger partial charge is 0.407 e. The van der Waals surface area contributed by atoms with Gasteiger partial charge in [-0.1, -0.05) is 32.4 Å². The lowest BCUT2D eigenvalue weighted by molar-refractivity contribution is -0.0739. The molecule has 0 saturated carbocycles. The van der Waals surface area contributed by atoms with Crippen LogP contribution in [0.5, 0.6) is 5.75 Å². The Bertz CT molecular complexity index is 731. The van der Waals surface area contributed by atoms with E-state index in [1.165, 1.54) is 7.05 Å². The lowest BCUT2D eigenvalue weighted by Gasteiger charge is -2.36. The van der Waals surface area contributed by atoms with Gasteiger partial charge in [0.15, 0.2) is 6.10 Å². The van der Waals surface area contributed by atoms with Crippen molar-refractivity contribution in [2.24, 2.45) is 5.41 Å². The van der Waals surface area contributed by atoms with Gasteiger partial charge in [-0.25, -0.2) is 9.78 Å². The molecule has 2 rings (SSSR count). The molecule has 6 nitrogen and oxygen atoms in total. The number of nitrogens with zero attached hydrogens (tertiary/aromatic N) is 2. The summed E-state index contributed by atoms with van der Waals surface area (Å²) < 4.78 is 13.7. The Labute approximate surface area is 159 Å². The number of nitrogens with one attached hydrogen (secondary N) is 1. The zero-order valence-electron chi connectivity index (χ0n) is 16.0. The number of imidazole rings is 1. The van der Waals surface area contributed by atoms with Crippen LogP contribution in [0.3, 0.4) is 0 Å². The van der Waals surface area contributed by atoms with Crippen LogP contribution < -0.4 is 10.1 Å². The first kappa shape index (κ1) is 20.1. The highest BCUT2D eigenvalue weighted by Gasteiger charge is 2.38. The number of carbonyl (C=O) groups excluding carboxylic acids is 1. The number of halogens is 1. The van der Waals surface area contributed by atoms with Crippen molar-refractivity contribution in [2.45, 2.75) is 47.0 Å². The normalized spacial score (nSPS) is 13.8. The number of ether oxygens (including phenoxy) is 2. The summed E-state index contributed by atoms with van der Waals surface area (Å²) in [6.45, 7) is 9.83. The maximum Gasteiger partial charge on any atom is 0.407 e. The van der Waals surface area contributed by atoms with Crippen LogP contribution in [0.25, 0.3) is 0 Å². The number of aromatic nitrogens is 2. The molecular weight excluding hydrogens is 354 g/mol. The minimum Gasteiger partial charge on any atom is -0.466 e. The van der Waals surface area contributed by atoms with Crippen molar-refractivity contribution >= 4 is 17.7 Å². The molecule has 2 atom stereocenters. The van der Waals surface area contributed by atoms with Crippen LogP contribution in [0.1, 0.15) is 38.1 Å². The number of aryl methyl sites for hydroxylation is 2. The lowest BCUT2D eigenvalue weighted by Crippen LogP contribution is -2.43. The molecule has 1 aromatic heterocycles. The number of hydrogen-bond acceptors (Lipinski definition) is 4. The highest BCUT2D eigenvalue weighted by molar-refractivity contribution is 6.32. The second-order valence-electron chi connectivity index (χ2n) is 7.33. The molecule has 0 saturated heterocycles. The second-order valence-corrected chi connectivity index (χ2v) is 7.71. The van der Waals surface area contributed by atoms with Crippen molar-refractivity contribution < 1.29 is 14.3 Å². The van der Waals surface area contributed by atoms with E-state index in [1.54, 1.807) is 23.3 Å². The predicted octanol–water partition coefficient (Wildman–Crippen LogP) is 4.50. The van der Waals surface area contributed by atoms with Crippen LogP contribution in [0.15, 0.2) is 30.9 Å². The van der Waals surface area contributed by atoms with Gasteiger partial charge in [0.05, 0.1) is 6.33 Å².